The number of hydrogen-bond donors (Lipinski definition) is 1. The van der Waals surface area contributed by atoms with E-state index in [1.54, 1.807) is 0 Å². The summed E-state index contributed by atoms with van der Waals surface area (Å²) in [6, 6.07) is 0.740. The molecule has 0 spiro atoms. The summed E-state index contributed by atoms with van der Waals surface area (Å²) in [6.07, 6.45) is 5.71. The van der Waals surface area contributed by atoms with Crippen LogP contribution in [-0.4, -0.2) is 17.6 Å². The molecule has 1 N–H and O–H groups in total. The van der Waals surface area contributed by atoms with E-state index >= 15 is 0 Å². The maximum Gasteiger partial charge on any atom is 0.0959 e. The summed E-state index contributed by atoms with van der Waals surface area (Å²) in [5, 5.41) is 7.07. The Bertz CT molecular complexity index is 284. The van der Waals surface area contributed by atoms with Crippen molar-refractivity contribution >= 4 is 11.3 Å². The minimum absolute atomic E-state index is 0.726. The molecule has 0 radical (unpaired) electrons. The van der Waals surface area contributed by atoms with Gasteiger partial charge in [-0.05, 0) is 25.3 Å². The number of nitrogens with zero attached hydrogens (tertiary/aromatic N) is 1. The van der Waals surface area contributed by atoms with Crippen molar-refractivity contribution in [1.82, 2.24) is 10.3 Å². The first-order valence-electron chi connectivity index (χ1n) is 5.99. The molecule has 1 saturated carbocycles. The predicted octanol–water partition coefficient (Wildman–Crippen LogP) is 3.02. The van der Waals surface area contributed by atoms with E-state index in [2.05, 4.69) is 29.5 Å². The molecule has 15 heavy (non-hydrogen) atoms. The van der Waals surface area contributed by atoms with E-state index < -0.39 is 0 Å². The van der Waals surface area contributed by atoms with Crippen LogP contribution in [0.25, 0.3) is 0 Å². The van der Waals surface area contributed by atoms with Crippen molar-refractivity contribution in [2.45, 2.75) is 45.1 Å². The molecule has 0 aromatic carbocycles. The predicted molar refractivity (Wildman–Crippen MR) is 65.3 cm³/mol. The Hall–Kier alpha value is -0.410. The van der Waals surface area contributed by atoms with Crippen LogP contribution >= 0.6 is 11.3 Å². The Morgan fingerprint density at radius 3 is 3.00 bits per heavy atom. The molecular weight excluding hydrogens is 204 g/mol. The van der Waals surface area contributed by atoms with Gasteiger partial charge in [0, 0.05) is 23.5 Å². The number of hydrogen-bond acceptors (Lipinski definition) is 3. The molecule has 1 aliphatic carbocycles. The van der Waals surface area contributed by atoms with Gasteiger partial charge in [-0.3, -0.25) is 0 Å². The number of rotatable bonds is 5. The van der Waals surface area contributed by atoms with E-state index in [0.29, 0.717) is 0 Å². The maximum absolute atomic E-state index is 4.44. The lowest BCUT2D eigenvalue weighted by Crippen LogP contribution is -2.49. The van der Waals surface area contributed by atoms with Crippen LogP contribution in [0.15, 0.2) is 11.6 Å². The number of nitrogens with one attached hydrogen (secondary N) is 1. The lowest BCUT2D eigenvalue weighted by atomic mass is 9.68. The van der Waals surface area contributed by atoms with Crippen molar-refractivity contribution in [3.63, 3.8) is 0 Å². The van der Waals surface area contributed by atoms with E-state index in [-0.39, 0.29) is 0 Å². The average molecular weight is 224 g/mol. The molecule has 0 aliphatic heterocycles. The van der Waals surface area contributed by atoms with Gasteiger partial charge in [0.05, 0.1) is 5.01 Å². The van der Waals surface area contributed by atoms with E-state index in [1.807, 2.05) is 17.5 Å². The zero-order valence-corrected chi connectivity index (χ0v) is 10.4. The molecular formula is C12H20N2S. The first-order valence-corrected chi connectivity index (χ1v) is 6.87. The van der Waals surface area contributed by atoms with Crippen LogP contribution in [0.2, 0.25) is 0 Å². The molecule has 0 amide bonds. The number of aromatic nitrogens is 1. The minimum atomic E-state index is 0.726. The quantitative estimate of drug-likeness (QED) is 0.831. The van der Waals surface area contributed by atoms with Crippen LogP contribution in [-0.2, 0) is 0 Å². The monoisotopic (exact) mass is 224 g/mol. The molecule has 3 heteroatoms. The van der Waals surface area contributed by atoms with Crippen LogP contribution < -0.4 is 5.32 Å². The Labute approximate surface area is 96.1 Å². The van der Waals surface area contributed by atoms with Gasteiger partial charge in [0.25, 0.3) is 0 Å². The molecule has 1 fully saturated rings. The second-order valence-electron chi connectivity index (χ2n) is 4.35. The SMILES string of the molecule is CCCNC1CC(c2nccs2)C1CC. The van der Waals surface area contributed by atoms with Gasteiger partial charge in [0.15, 0.2) is 0 Å². The van der Waals surface area contributed by atoms with Crippen LogP contribution in [0, 0.1) is 5.92 Å². The third kappa shape index (κ3) is 2.23. The van der Waals surface area contributed by atoms with Gasteiger partial charge in [-0.25, -0.2) is 4.98 Å². The van der Waals surface area contributed by atoms with Gasteiger partial charge in [0.2, 0.25) is 0 Å². The fraction of sp³-hybridized carbons (Fsp3) is 0.750. The van der Waals surface area contributed by atoms with Gasteiger partial charge in [0.1, 0.15) is 0 Å². The zero-order chi connectivity index (χ0) is 10.7. The Kier molecular flexibility index (Phi) is 3.76. The van der Waals surface area contributed by atoms with Crippen LogP contribution in [0.1, 0.15) is 44.0 Å². The Balaban J connectivity index is 1.90. The highest BCUT2D eigenvalue weighted by Crippen LogP contribution is 2.45. The van der Waals surface area contributed by atoms with Crippen molar-refractivity contribution in [2.24, 2.45) is 5.92 Å². The first kappa shape index (κ1) is 11.1. The van der Waals surface area contributed by atoms with Gasteiger partial charge < -0.3 is 5.32 Å². The topological polar surface area (TPSA) is 24.9 Å². The molecule has 1 aromatic heterocycles. The van der Waals surface area contributed by atoms with Crippen LogP contribution in [0.4, 0.5) is 0 Å². The van der Waals surface area contributed by atoms with Gasteiger partial charge in [-0.15, -0.1) is 11.3 Å². The molecule has 1 aromatic rings. The molecule has 1 heterocycles. The summed E-state index contributed by atoms with van der Waals surface area (Å²) >= 11 is 1.81. The fourth-order valence-electron chi connectivity index (χ4n) is 2.54. The normalized spacial score (nSPS) is 30.1. The molecule has 84 valence electrons. The molecule has 1 aliphatic rings. The van der Waals surface area contributed by atoms with Crippen molar-refractivity contribution < 1.29 is 0 Å². The second-order valence-corrected chi connectivity index (χ2v) is 5.27. The highest BCUT2D eigenvalue weighted by atomic mass is 32.1. The lowest BCUT2D eigenvalue weighted by Gasteiger charge is -2.44. The molecule has 3 unspecified atom stereocenters. The van der Waals surface area contributed by atoms with Gasteiger partial charge >= 0.3 is 0 Å². The highest BCUT2D eigenvalue weighted by Gasteiger charge is 2.41. The Morgan fingerprint density at radius 2 is 2.40 bits per heavy atom. The van der Waals surface area contributed by atoms with Crippen LogP contribution in [0.3, 0.4) is 0 Å². The average Bonchev–Trinajstić information content (AvgIpc) is 2.70. The minimum Gasteiger partial charge on any atom is -0.314 e. The first-order chi connectivity index (χ1) is 7.36. The van der Waals surface area contributed by atoms with Crippen LogP contribution in [0.5, 0.6) is 0 Å². The summed E-state index contributed by atoms with van der Waals surface area (Å²) in [5.74, 6) is 1.53. The third-order valence-electron chi connectivity index (χ3n) is 3.44. The summed E-state index contributed by atoms with van der Waals surface area (Å²) in [6.45, 7) is 5.68. The molecule has 3 atom stereocenters. The lowest BCUT2D eigenvalue weighted by molar-refractivity contribution is 0.160. The van der Waals surface area contributed by atoms with E-state index in [4.69, 9.17) is 0 Å². The summed E-state index contributed by atoms with van der Waals surface area (Å²) in [4.78, 5) is 4.44. The van der Waals surface area contributed by atoms with Gasteiger partial charge in [-0.2, -0.15) is 0 Å². The smallest absolute Gasteiger partial charge is 0.0959 e. The zero-order valence-electron chi connectivity index (χ0n) is 9.57. The molecule has 0 saturated heterocycles. The molecule has 0 bridgehead atoms. The summed E-state index contributed by atoms with van der Waals surface area (Å²) in [7, 11) is 0. The van der Waals surface area contributed by atoms with Crippen molar-refractivity contribution in [1.29, 1.82) is 0 Å². The highest BCUT2D eigenvalue weighted by molar-refractivity contribution is 7.09. The molecule has 2 nitrogen and oxygen atoms in total. The van der Waals surface area contributed by atoms with Crippen molar-refractivity contribution in [3.05, 3.63) is 16.6 Å². The van der Waals surface area contributed by atoms with E-state index in [1.165, 1.54) is 24.3 Å². The molecule has 2 rings (SSSR count). The summed E-state index contributed by atoms with van der Waals surface area (Å²) in [5.41, 5.74) is 0. The van der Waals surface area contributed by atoms with Gasteiger partial charge in [-0.1, -0.05) is 20.3 Å². The van der Waals surface area contributed by atoms with Crippen molar-refractivity contribution in [2.75, 3.05) is 6.54 Å². The van der Waals surface area contributed by atoms with Crippen molar-refractivity contribution in [3.8, 4) is 0 Å². The van der Waals surface area contributed by atoms with E-state index in [9.17, 15) is 0 Å². The van der Waals surface area contributed by atoms with E-state index in [0.717, 1.165) is 24.4 Å². The number of thiazole rings is 1. The summed E-state index contributed by atoms with van der Waals surface area (Å²) < 4.78 is 0. The maximum atomic E-state index is 4.44. The Morgan fingerprint density at radius 1 is 1.53 bits per heavy atom. The largest absolute Gasteiger partial charge is 0.314 e. The fourth-order valence-corrected chi connectivity index (χ4v) is 3.37. The second kappa shape index (κ2) is 5.08. The third-order valence-corrected chi connectivity index (χ3v) is 4.35. The standard InChI is InChI=1S/C12H20N2S/c1-3-5-13-11-8-10(9(11)4-2)12-14-6-7-15-12/h6-7,9-11,13H,3-5,8H2,1-2H3.